The van der Waals surface area contributed by atoms with Gasteiger partial charge in [0.25, 0.3) is 0 Å². The van der Waals surface area contributed by atoms with Crippen molar-refractivity contribution in [2.75, 3.05) is 13.1 Å². The number of hydrogen-bond donors (Lipinski definition) is 0. The van der Waals surface area contributed by atoms with E-state index in [2.05, 4.69) is 29.2 Å². The molecule has 0 N–H and O–H groups in total. The Balaban J connectivity index is 1.80. The summed E-state index contributed by atoms with van der Waals surface area (Å²) in [5.41, 5.74) is 3.00. The molecule has 1 atom stereocenters. The number of aryl methyl sites for hydroxylation is 1. The summed E-state index contributed by atoms with van der Waals surface area (Å²) in [5, 5.41) is 0. The van der Waals surface area contributed by atoms with Crippen LogP contribution in [0.1, 0.15) is 36.4 Å². The second kappa shape index (κ2) is 4.02. The smallest absolute Gasteiger partial charge is 0.135 e. The molecule has 1 saturated heterocycles. The number of piperidine rings is 1. The number of hydrogen-bond acceptors (Lipinski definition) is 2. The quantitative estimate of drug-likeness (QED) is 0.716. The molecule has 2 heteroatoms. The fraction of sp³-hybridized carbons (Fsp3) is 0.500. The Morgan fingerprint density at radius 3 is 2.62 bits per heavy atom. The zero-order valence-electron chi connectivity index (χ0n) is 9.48. The Morgan fingerprint density at radius 2 is 1.81 bits per heavy atom. The van der Waals surface area contributed by atoms with Crippen molar-refractivity contribution in [3.63, 3.8) is 0 Å². The molecule has 0 aromatic heterocycles. The Morgan fingerprint density at radius 1 is 1.06 bits per heavy atom. The van der Waals surface area contributed by atoms with Crippen molar-refractivity contribution in [3.8, 4) is 0 Å². The van der Waals surface area contributed by atoms with E-state index in [1.807, 2.05) is 0 Å². The van der Waals surface area contributed by atoms with E-state index in [4.69, 9.17) is 0 Å². The number of carbonyl (C=O) groups is 1. The highest BCUT2D eigenvalue weighted by Gasteiger charge is 2.29. The molecule has 0 spiro atoms. The molecule has 16 heavy (non-hydrogen) atoms. The molecule has 2 aliphatic rings. The molecular weight excluding hydrogens is 198 g/mol. The average molecular weight is 215 g/mol. The lowest BCUT2D eigenvalue weighted by Crippen LogP contribution is -2.36. The van der Waals surface area contributed by atoms with Crippen molar-refractivity contribution >= 4 is 5.78 Å². The van der Waals surface area contributed by atoms with Crippen LogP contribution in [-0.2, 0) is 11.2 Å². The van der Waals surface area contributed by atoms with E-state index in [1.54, 1.807) is 0 Å². The third-order valence-corrected chi connectivity index (χ3v) is 3.90. The van der Waals surface area contributed by atoms with Crippen LogP contribution < -0.4 is 0 Å². The van der Waals surface area contributed by atoms with Crippen molar-refractivity contribution in [1.82, 2.24) is 4.90 Å². The van der Waals surface area contributed by atoms with Crippen LogP contribution in [-0.4, -0.2) is 23.8 Å². The van der Waals surface area contributed by atoms with Gasteiger partial charge in [-0.15, -0.1) is 0 Å². The summed E-state index contributed by atoms with van der Waals surface area (Å²) in [6.45, 7) is 1.91. The fourth-order valence-electron chi connectivity index (χ4n) is 3.00. The predicted molar refractivity (Wildman–Crippen MR) is 63.3 cm³/mol. The van der Waals surface area contributed by atoms with Gasteiger partial charge in [0.05, 0.1) is 0 Å². The first-order chi connectivity index (χ1) is 7.84. The molecule has 0 saturated carbocycles. The maximum atomic E-state index is 11.2. The Kier molecular flexibility index (Phi) is 2.52. The van der Waals surface area contributed by atoms with E-state index < -0.39 is 0 Å². The van der Waals surface area contributed by atoms with Crippen molar-refractivity contribution in [1.29, 1.82) is 0 Å². The molecule has 0 radical (unpaired) electrons. The van der Waals surface area contributed by atoms with Gasteiger partial charge < -0.3 is 0 Å². The average Bonchev–Trinajstić information content (AvgIpc) is 2.74. The number of Topliss-reactive ketones (excluding diaryl/α,β-unsaturated/α-hetero) is 1. The van der Waals surface area contributed by atoms with Gasteiger partial charge in [-0.2, -0.15) is 0 Å². The van der Waals surface area contributed by atoms with E-state index >= 15 is 0 Å². The van der Waals surface area contributed by atoms with E-state index in [1.165, 1.54) is 24.0 Å². The van der Waals surface area contributed by atoms with E-state index in [0.29, 0.717) is 11.8 Å². The van der Waals surface area contributed by atoms with Gasteiger partial charge in [-0.3, -0.25) is 9.69 Å². The molecule has 1 aliphatic heterocycles. The number of benzene rings is 1. The Hall–Kier alpha value is -1.15. The van der Waals surface area contributed by atoms with Crippen molar-refractivity contribution in [2.45, 2.75) is 31.7 Å². The largest absolute Gasteiger partial charge is 0.300 e. The second-order valence-corrected chi connectivity index (χ2v) is 4.83. The molecule has 0 unspecified atom stereocenters. The highest BCUT2D eigenvalue weighted by molar-refractivity contribution is 5.79. The van der Waals surface area contributed by atoms with Gasteiger partial charge in [0.15, 0.2) is 0 Å². The lowest BCUT2D eigenvalue weighted by molar-refractivity contribution is -0.121. The minimum atomic E-state index is 0.433. The number of likely N-dealkylation sites (tertiary alicyclic amines) is 1. The van der Waals surface area contributed by atoms with Gasteiger partial charge in [-0.05, 0) is 24.0 Å². The standard InChI is InChI=1S/C14H17NO/c16-12-7-9-15(10-8-12)14-6-5-11-3-1-2-4-13(11)14/h1-4,14H,5-10H2/t14-/m0/s1. The first kappa shape index (κ1) is 10.0. The zero-order valence-corrected chi connectivity index (χ0v) is 9.48. The highest BCUT2D eigenvalue weighted by Crippen LogP contribution is 2.36. The first-order valence-electron chi connectivity index (χ1n) is 6.18. The van der Waals surface area contributed by atoms with Crippen LogP contribution in [0.2, 0.25) is 0 Å². The van der Waals surface area contributed by atoms with Crippen molar-refractivity contribution in [3.05, 3.63) is 35.4 Å². The van der Waals surface area contributed by atoms with Gasteiger partial charge in [0, 0.05) is 32.0 Å². The minimum absolute atomic E-state index is 0.433. The minimum Gasteiger partial charge on any atom is -0.300 e. The molecule has 1 aromatic carbocycles. The molecule has 0 amide bonds. The van der Waals surface area contributed by atoms with E-state index in [9.17, 15) is 4.79 Å². The lowest BCUT2D eigenvalue weighted by atomic mass is 10.0. The number of carbonyl (C=O) groups excluding carboxylic acids is 1. The molecule has 0 bridgehead atoms. The Labute approximate surface area is 96.3 Å². The summed E-state index contributed by atoms with van der Waals surface area (Å²) in [5.74, 6) is 0.433. The summed E-state index contributed by atoms with van der Waals surface area (Å²) in [6, 6.07) is 9.32. The maximum absolute atomic E-state index is 11.2. The second-order valence-electron chi connectivity index (χ2n) is 4.83. The predicted octanol–water partition coefficient (Wildman–Crippen LogP) is 2.34. The maximum Gasteiger partial charge on any atom is 0.135 e. The molecule has 84 valence electrons. The fourth-order valence-corrected chi connectivity index (χ4v) is 3.00. The SMILES string of the molecule is O=C1CCN([C@H]2CCc3ccccc32)CC1. The van der Waals surface area contributed by atoms with Crippen LogP contribution in [0.25, 0.3) is 0 Å². The van der Waals surface area contributed by atoms with Gasteiger partial charge in [0.1, 0.15) is 5.78 Å². The van der Waals surface area contributed by atoms with Crippen LogP contribution in [0, 0.1) is 0 Å². The molecule has 3 rings (SSSR count). The van der Waals surface area contributed by atoms with Crippen LogP contribution in [0.15, 0.2) is 24.3 Å². The van der Waals surface area contributed by atoms with Crippen LogP contribution in [0.3, 0.4) is 0 Å². The van der Waals surface area contributed by atoms with Gasteiger partial charge in [0.2, 0.25) is 0 Å². The van der Waals surface area contributed by atoms with Gasteiger partial charge in [-0.25, -0.2) is 0 Å². The lowest BCUT2D eigenvalue weighted by Gasteiger charge is -2.32. The monoisotopic (exact) mass is 215 g/mol. The molecule has 1 heterocycles. The van der Waals surface area contributed by atoms with Gasteiger partial charge in [-0.1, -0.05) is 24.3 Å². The third kappa shape index (κ3) is 1.67. The molecule has 1 aliphatic carbocycles. The molecule has 1 aromatic rings. The Bertz CT molecular complexity index is 403. The topological polar surface area (TPSA) is 20.3 Å². The third-order valence-electron chi connectivity index (χ3n) is 3.90. The summed E-state index contributed by atoms with van der Waals surface area (Å²) in [6.07, 6.45) is 3.93. The first-order valence-corrected chi connectivity index (χ1v) is 6.18. The van der Waals surface area contributed by atoms with Gasteiger partial charge >= 0.3 is 0 Å². The molecule has 2 nitrogen and oxygen atoms in total. The summed E-state index contributed by atoms with van der Waals surface area (Å²) < 4.78 is 0. The van der Waals surface area contributed by atoms with E-state index in [0.717, 1.165) is 25.9 Å². The van der Waals surface area contributed by atoms with E-state index in [-0.39, 0.29) is 0 Å². The number of ketones is 1. The number of rotatable bonds is 1. The van der Waals surface area contributed by atoms with Crippen LogP contribution >= 0.6 is 0 Å². The summed E-state index contributed by atoms with van der Waals surface area (Å²) in [4.78, 5) is 13.7. The summed E-state index contributed by atoms with van der Waals surface area (Å²) in [7, 11) is 0. The molecular formula is C14H17NO. The molecule has 1 fully saturated rings. The normalized spacial score (nSPS) is 25.8. The zero-order chi connectivity index (χ0) is 11.0. The van der Waals surface area contributed by atoms with Crippen molar-refractivity contribution in [2.24, 2.45) is 0 Å². The summed E-state index contributed by atoms with van der Waals surface area (Å²) >= 11 is 0. The number of fused-ring (bicyclic) bond motifs is 1. The van der Waals surface area contributed by atoms with Crippen molar-refractivity contribution < 1.29 is 4.79 Å². The van der Waals surface area contributed by atoms with Crippen LogP contribution in [0.5, 0.6) is 0 Å². The van der Waals surface area contributed by atoms with Crippen LogP contribution in [0.4, 0.5) is 0 Å². The highest BCUT2D eigenvalue weighted by atomic mass is 16.1. The number of nitrogens with zero attached hydrogens (tertiary/aromatic N) is 1.